The van der Waals surface area contributed by atoms with E-state index in [1.165, 1.54) is 0 Å². The molecule has 74 valence electrons. The monoisotopic (exact) mass is 226 g/mol. The Morgan fingerprint density at radius 3 is 2.93 bits per heavy atom. The Morgan fingerprint density at radius 2 is 2.29 bits per heavy atom. The van der Waals surface area contributed by atoms with E-state index in [9.17, 15) is 0 Å². The van der Waals surface area contributed by atoms with Crippen LogP contribution in [-0.2, 0) is 0 Å². The Labute approximate surface area is 90.0 Å². The second-order valence-electron chi connectivity index (χ2n) is 2.71. The lowest BCUT2D eigenvalue weighted by Gasteiger charge is -1.91. The molecule has 0 spiro atoms. The molecule has 0 bridgehead atoms. The van der Waals surface area contributed by atoms with Crippen LogP contribution in [0.4, 0.5) is 5.13 Å². The van der Waals surface area contributed by atoms with E-state index in [2.05, 4.69) is 20.5 Å². The first-order valence-corrected chi connectivity index (χ1v) is 5.98. The minimum absolute atomic E-state index is 0.871. The van der Waals surface area contributed by atoms with Crippen LogP contribution < -0.4 is 5.32 Å². The molecule has 0 saturated carbocycles. The van der Waals surface area contributed by atoms with E-state index in [-0.39, 0.29) is 0 Å². The van der Waals surface area contributed by atoms with E-state index in [1.807, 2.05) is 19.4 Å². The zero-order valence-electron chi connectivity index (χ0n) is 7.94. The molecule has 0 saturated heterocycles. The lowest BCUT2D eigenvalue weighted by molar-refractivity contribution is 1.07. The van der Waals surface area contributed by atoms with Crippen LogP contribution in [0.1, 0.15) is 12.6 Å². The quantitative estimate of drug-likeness (QED) is 0.873. The summed E-state index contributed by atoms with van der Waals surface area (Å²) in [5.41, 5.74) is 2.85. The van der Waals surface area contributed by atoms with Gasteiger partial charge in [-0.2, -0.15) is 0 Å². The summed E-state index contributed by atoms with van der Waals surface area (Å²) in [7, 11) is 0. The van der Waals surface area contributed by atoms with Crippen molar-refractivity contribution in [3.8, 4) is 9.88 Å². The van der Waals surface area contributed by atoms with Crippen LogP contribution in [0.15, 0.2) is 5.51 Å². The molecule has 0 radical (unpaired) electrons. The molecular weight excluding hydrogens is 216 g/mol. The summed E-state index contributed by atoms with van der Waals surface area (Å²) in [6, 6.07) is 0. The van der Waals surface area contributed by atoms with Crippen molar-refractivity contribution in [2.45, 2.75) is 13.8 Å². The molecule has 2 aromatic rings. The summed E-state index contributed by atoms with van der Waals surface area (Å²) in [4.78, 5) is 5.30. The van der Waals surface area contributed by atoms with Gasteiger partial charge in [0.1, 0.15) is 0 Å². The van der Waals surface area contributed by atoms with E-state index in [0.29, 0.717) is 0 Å². The third-order valence-corrected chi connectivity index (χ3v) is 3.66. The third kappa shape index (κ3) is 1.76. The highest BCUT2D eigenvalue weighted by molar-refractivity contribution is 7.22. The summed E-state index contributed by atoms with van der Waals surface area (Å²) in [6.07, 6.45) is 0. The summed E-state index contributed by atoms with van der Waals surface area (Å²) in [6.45, 7) is 4.90. The molecule has 0 fully saturated rings. The number of hydrogen-bond donors (Lipinski definition) is 1. The van der Waals surface area contributed by atoms with Gasteiger partial charge in [-0.05, 0) is 13.8 Å². The Balaban J connectivity index is 2.29. The number of thiazole rings is 1. The average Bonchev–Trinajstić information content (AvgIpc) is 2.74. The van der Waals surface area contributed by atoms with Gasteiger partial charge in [-0.3, -0.25) is 0 Å². The molecule has 4 nitrogen and oxygen atoms in total. The molecular formula is C8H10N4S2. The second kappa shape index (κ2) is 4.02. The Kier molecular flexibility index (Phi) is 2.74. The molecule has 0 aliphatic heterocycles. The lowest BCUT2D eigenvalue weighted by Crippen LogP contribution is -1.94. The average molecular weight is 226 g/mol. The van der Waals surface area contributed by atoms with Crippen LogP contribution in [0.3, 0.4) is 0 Å². The van der Waals surface area contributed by atoms with Crippen LogP contribution >= 0.6 is 22.7 Å². The normalized spacial score (nSPS) is 10.4. The van der Waals surface area contributed by atoms with Crippen LogP contribution in [0.5, 0.6) is 0 Å². The predicted molar refractivity (Wildman–Crippen MR) is 59.9 cm³/mol. The fourth-order valence-electron chi connectivity index (χ4n) is 1.04. The number of aryl methyl sites for hydroxylation is 1. The first-order chi connectivity index (χ1) is 6.81. The maximum absolute atomic E-state index is 4.19. The van der Waals surface area contributed by atoms with Crippen molar-refractivity contribution < 1.29 is 0 Å². The number of hydrogen-bond acceptors (Lipinski definition) is 6. The highest BCUT2D eigenvalue weighted by Gasteiger charge is 2.10. The minimum atomic E-state index is 0.871. The van der Waals surface area contributed by atoms with Gasteiger partial charge in [0.25, 0.3) is 0 Å². The van der Waals surface area contributed by atoms with E-state index in [0.717, 1.165) is 27.3 Å². The van der Waals surface area contributed by atoms with Gasteiger partial charge < -0.3 is 5.32 Å². The number of nitrogens with one attached hydrogen (secondary N) is 1. The molecule has 0 aliphatic rings. The summed E-state index contributed by atoms with van der Waals surface area (Å²) in [5, 5.41) is 13.1. The molecule has 0 amide bonds. The first kappa shape index (κ1) is 9.54. The topological polar surface area (TPSA) is 50.7 Å². The predicted octanol–water partition coefficient (Wildman–Crippen LogP) is 2.40. The van der Waals surface area contributed by atoms with Crippen LogP contribution in [0, 0.1) is 6.92 Å². The molecule has 0 aliphatic carbocycles. The maximum Gasteiger partial charge on any atom is 0.206 e. The minimum Gasteiger partial charge on any atom is -0.360 e. The molecule has 0 atom stereocenters. The molecule has 14 heavy (non-hydrogen) atoms. The van der Waals surface area contributed by atoms with Gasteiger partial charge in [0.2, 0.25) is 5.13 Å². The zero-order valence-corrected chi connectivity index (χ0v) is 9.58. The molecule has 0 aromatic carbocycles. The molecule has 1 N–H and O–H groups in total. The molecule has 2 rings (SSSR count). The fraction of sp³-hybridized carbons (Fsp3) is 0.375. The molecule has 0 unspecified atom stereocenters. The number of rotatable bonds is 3. The SMILES string of the molecule is CCNc1nnc(-c2scnc2C)s1. The summed E-state index contributed by atoms with van der Waals surface area (Å²) in [5.74, 6) is 0. The van der Waals surface area contributed by atoms with Crippen LogP contribution in [0.25, 0.3) is 9.88 Å². The summed E-state index contributed by atoms with van der Waals surface area (Å²) >= 11 is 3.17. The fourth-order valence-corrected chi connectivity index (χ4v) is 2.80. The Hall–Kier alpha value is -1.01. The molecule has 6 heteroatoms. The Bertz CT molecular complexity index is 420. The van der Waals surface area contributed by atoms with Gasteiger partial charge in [0.05, 0.1) is 16.1 Å². The van der Waals surface area contributed by atoms with Crippen molar-refractivity contribution >= 4 is 27.8 Å². The van der Waals surface area contributed by atoms with Crippen molar-refractivity contribution in [2.24, 2.45) is 0 Å². The first-order valence-electron chi connectivity index (χ1n) is 4.29. The number of anilines is 1. The van der Waals surface area contributed by atoms with Gasteiger partial charge in [-0.1, -0.05) is 11.3 Å². The van der Waals surface area contributed by atoms with Crippen molar-refractivity contribution in [2.75, 3.05) is 11.9 Å². The maximum atomic E-state index is 4.19. The lowest BCUT2D eigenvalue weighted by atomic mass is 10.4. The highest BCUT2D eigenvalue weighted by Crippen LogP contribution is 2.31. The van der Waals surface area contributed by atoms with Gasteiger partial charge in [-0.25, -0.2) is 4.98 Å². The zero-order chi connectivity index (χ0) is 9.97. The number of nitrogens with zero attached hydrogens (tertiary/aromatic N) is 3. The van der Waals surface area contributed by atoms with Gasteiger partial charge in [0.15, 0.2) is 5.01 Å². The van der Waals surface area contributed by atoms with Crippen LogP contribution in [-0.4, -0.2) is 21.7 Å². The van der Waals surface area contributed by atoms with Gasteiger partial charge >= 0.3 is 0 Å². The van der Waals surface area contributed by atoms with Gasteiger partial charge in [0, 0.05) is 6.54 Å². The smallest absolute Gasteiger partial charge is 0.206 e. The standard InChI is InChI=1S/C8H10N4S2/c1-3-9-8-12-11-7(14-8)6-5(2)10-4-13-6/h4H,3H2,1-2H3,(H,9,12). The van der Waals surface area contributed by atoms with Crippen molar-refractivity contribution in [3.05, 3.63) is 11.2 Å². The number of aromatic nitrogens is 3. The van der Waals surface area contributed by atoms with E-state index in [1.54, 1.807) is 22.7 Å². The largest absolute Gasteiger partial charge is 0.360 e. The van der Waals surface area contributed by atoms with Gasteiger partial charge in [-0.15, -0.1) is 21.5 Å². The third-order valence-electron chi connectivity index (χ3n) is 1.69. The second-order valence-corrected chi connectivity index (χ2v) is 4.54. The highest BCUT2D eigenvalue weighted by atomic mass is 32.1. The van der Waals surface area contributed by atoms with Crippen molar-refractivity contribution in [3.63, 3.8) is 0 Å². The van der Waals surface area contributed by atoms with E-state index >= 15 is 0 Å². The van der Waals surface area contributed by atoms with Crippen molar-refractivity contribution in [1.29, 1.82) is 0 Å². The van der Waals surface area contributed by atoms with Crippen LogP contribution in [0.2, 0.25) is 0 Å². The van der Waals surface area contributed by atoms with E-state index in [4.69, 9.17) is 0 Å². The molecule has 2 heterocycles. The van der Waals surface area contributed by atoms with Crippen molar-refractivity contribution in [1.82, 2.24) is 15.2 Å². The Morgan fingerprint density at radius 1 is 1.43 bits per heavy atom. The molecule has 2 aromatic heterocycles. The summed E-state index contributed by atoms with van der Waals surface area (Å²) < 4.78 is 0. The van der Waals surface area contributed by atoms with E-state index < -0.39 is 0 Å².